The van der Waals surface area contributed by atoms with Crippen molar-refractivity contribution >= 4 is 11.8 Å². The number of esters is 1. The van der Waals surface area contributed by atoms with Crippen molar-refractivity contribution in [2.45, 2.75) is 63.4 Å². The van der Waals surface area contributed by atoms with Crippen LogP contribution in [0.1, 0.15) is 56.1 Å². The third-order valence-corrected chi connectivity index (χ3v) is 5.48. The molecule has 1 heterocycles. The number of aliphatic hydroxyl groups excluding tert-OH is 1. The van der Waals surface area contributed by atoms with E-state index in [1.807, 2.05) is 12.1 Å². The van der Waals surface area contributed by atoms with Gasteiger partial charge in [0.1, 0.15) is 17.8 Å². The number of aliphatic hydroxyl groups is 1. The van der Waals surface area contributed by atoms with Crippen molar-refractivity contribution in [2.24, 2.45) is 5.92 Å². The molecule has 1 atom stereocenters. The zero-order chi connectivity index (χ0) is 17.0. The molecule has 1 aliphatic heterocycles. The fourth-order valence-corrected chi connectivity index (χ4v) is 4.30. The topological polar surface area (TPSA) is 63.6 Å². The van der Waals surface area contributed by atoms with Gasteiger partial charge in [0.2, 0.25) is 0 Å². The maximum absolute atomic E-state index is 12.1. The molecule has 1 aromatic carbocycles. The van der Waals surface area contributed by atoms with Crippen molar-refractivity contribution in [1.82, 2.24) is 0 Å². The molecule has 1 N–H and O–H groups in total. The third kappa shape index (κ3) is 3.86. The Labute approximate surface area is 143 Å². The van der Waals surface area contributed by atoms with Crippen LogP contribution in [-0.2, 0) is 27.2 Å². The van der Waals surface area contributed by atoms with Crippen molar-refractivity contribution in [1.29, 1.82) is 0 Å². The zero-order valence-electron chi connectivity index (χ0n) is 14.1. The predicted molar refractivity (Wildman–Crippen MR) is 90.6 cm³/mol. The number of hydrogen-bond acceptors (Lipinski definition) is 4. The Morgan fingerprint density at radius 3 is 2.50 bits per heavy atom. The lowest BCUT2D eigenvalue weighted by Crippen LogP contribution is -2.48. The minimum atomic E-state index is -0.601. The van der Waals surface area contributed by atoms with Gasteiger partial charge in [-0.05, 0) is 49.1 Å². The molecule has 130 valence electrons. The summed E-state index contributed by atoms with van der Waals surface area (Å²) in [7, 11) is 0. The van der Waals surface area contributed by atoms with Gasteiger partial charge in [0.15, 0.2) is 0 Å². The van der Waals surface area contributed by atoms with Crippen molar-refractivity contribution in [3.05, 3.63) is 35.4 Å². The van der Waals surface area contributed by atoms with Gasteiger partial charge in [0, 0.05) is 13.0 Å². The van der Waals surface area contributed by atoms with Crippen LogP contribution in [0.25, 0.3) is 0 Å². The van der Waals surface area contributed by atoms with Crippen LogP contribution in [0.5, 0.6) is 0 Å². The summed E-state index contributed by atoms with van der Waals surface area (Å²) in [5, 5.41) is 9.09. The van der Waals surface area contributed by atoms with Crippen LogP contribution in [-0.4, -0.2) is 29.1 Å². The summed E-state index contributed by atoms with van der Waals surface area (Å²) >= 11 is 0. The molecule has 0 radical (unpaired) electrons. The summed E-state index contributed by atoms with van der Waals surface area (Å²) in [6.07, 6.45) is 6.85. The Morgan fingerprint density at radius 1 is 1.12 bits per heavy atom. The molecule has 0 spiro atoms. The van der Waals surface area contributed by atoms with E-state index >= 15 is 0 Å². The molecular weight excluding hydrogens is 304 g/mol. The van der Waals surface area contributed by atoms with Gasteiger partial charge in [-0.15, -0.1) is 0 Å². The van der Waals surface area contributed by atoms with Crippen LogP contribution in [0.3, 0.4) is 0 Å². The van der Waals surface area contributed by atoms with Gasteiger partial charge < -0.3 is 9.84 Å². The lowest BCUT2D eigenvalue weighted by atomic mass is 9.76. The number of ether oxygens (including phenoxy) is 1. The molecule has 24 heavy (non-hydrogen) atoms. The average molecular weight is 330 g/mol. The molecule has 1 aromatic rings. The summed E-state index contributed by atoms with van der Waals surface area (Å²) < 4.78 is 5.83. The van der Waals surface area contributed by atoms with Gasteiger partial charge in [-0.25, -0.2) is 0 Å². The largest absolute Gasteiger partial charge is 0.458 e. The number of benzene rings is 1. The number of carbonyl (C=O) groups is 2. The van der Waals surface area contributed by atoms with E-state index in [9.17, 15) is 9.59 Å². The van der Waals surface area contributed by atoms with Crippen LogP contribution in [0.15, 0.2) is 24.3 Å². The van der Waals surface area contributed by atoms with E-state index in [0.717, 1.165) is 37.7 Å². The Hall–Kier alpha value is -1.68. The van der Waals surface area contributed by atoms with Crippen LogP contribution >= 0.6 is 0 Å². The Kier molecular flexibility index (Phi) is 5.34. The molecule has 1 saturated carbocycles. The first-order chi connectivity index (χ1) is 11.6. The molecule has 3 rings (SSSR count). The lowest BCUT2D eigenvalue weighted by Gasteiger charge is -2.41. The lowest BCUT2D eigenvalue weighted by molar-refractivity contribution is -0.178. The second kappa shape index (κ2) is 7.47. The van der Waals surface area contributed by atoms with Gasteiger partial charge >= 0.3 is 5.97 Å². The maximum Gasteiger partial charge on any atom is 0.313 e. The first-order valence-corrected chi connectivity index (χ1v) is 9.03. The molecule has 2 aliphatic rings. The molecule has 0 amide bonds. The molecule has 1 saturated heterocycles. The minimum Gasteiger partial charge on any atom is -0.458 e. The standard InChI is InChI=1S/C20H26O4/c21-11-9-16-5-3-4-15(12-16)8-10-20(17-6-1-2-7-17)14-18(22)13-19(23)24-20/h3-5,12,17,21H,1-2,6-11,13-14H2. The fraction of sp³-hybridized carbons (Fsp3) is 0.600. The number of cyclic esters (lactones) is 1. The first-order valence-electron chi connectivity index (χ1n) is 9.03. The van der Waals surface area contributed by atoms with Crippen LogP contribution < -0.4 is 0 Å². The van der Waals surface area contributed by atoms with E-state index in [4.69, 9.17) is 9.84 Å². The monoisotopic (exact) mass is 330 g/mol. The Balaban J connectivity index is 1.75. The second-order valence-corrected chi connectivity index (χ2v) is 7.21. The van der Waals surface area contributed by atoms with Crippen molar-refractivity contribution < 1.29 is 19.4 Å². The predicted octanol–water partition coefficient (Wildman–Crippen LogP) is 2.99. The van der Waals surface area contributed by atoms with Gasteiger partial charge in [0.25, 0.3) is 0 Å². The average Bonchev–Trinajstić information content (AvgIpc) is 3.08. The van der Waals surface area contributed by atoms with Gasteiger partial charge in [-0.2, -0.15) is 0 Å². The van der Waals surface area contributed by atoms with Crippen molar-refractivity contribution in [2.75, 3.05) is 6.61 Å². The van der Waals surface area contributed by atoms with Crippen LogP contribution in [0, 0.1) is 5.92 Å². The Bertz CT molecular complexity index is 585. The van der Waals surface area contributed by atoms with Gasteiger partial charge in [-0.1, -0.05) is 37.1 Å². The van der Waals surface area contributed by atoms with Crippen molar-refractivity contribution in [3.8, 4) is 0 Å². The van der Waals surface area contributed by atoms with E-state index in [-0.39, 0.29) is 24.8 Å². The summed E-state index contributed by atoms with van der Waals surface area (Å²) in [5.74, 6) is -0.0225. The molecule has 1 aliphatic carbocycles. The van der Waals surface area contributed by atoms with E-state index < -0.39 is 5.60 Å². The third-order valence-electron chi connectivity index (χ3n) is 5.48. The van der Waals surface area contributed by atoms with Crippen LogP contribution in [0.4, 0.5) is 0 Å². The van der Waals surface area contributed by atoms with E-state index in [1.165, 1.54) is 5.56 Å². The maximum atomic E-state index is 12.1. The highest BCUT2D eigenvalue weighted by atomic mass is 16.6. The molecule has 2 fully saturated rings. The SMILES string of the molecule is O=C1CC(=O)OC(CCc2cccc(CCO)c2)(C2CCCC2)C1. The highest BCUT2D eigenvalue weighted by Crippen LogP contribution is 2.43. The molecule has 0 bridgehead atoms. The molecule has 1 unspecified atom stereocenters. The Morgan fingerprint density at radius 2 is 1.83 bits per heavy atom. The minimum absolute atomic E-state index is 0.0205. The fourth-order valence-electron chi connectivity index (χ4n) is 4.30. The number of rotatable bonds is 6. The number of aryl methyl sites for hydroxylation is 1. The van der Waals surface area contributed by atoms with E-state index in [1.54, 1.807) is 0 Å². The summed E-state index contributed by atoms with van der Waals surface area (Å²) in [4.78, 5) is 24.0. The zero-order valence-corrected chi connectivity index (χ0v) is 14.1. The quantitative estimate of drug-likeness (QED) is 0.643. The normalized spacial score (nSPS) is 25.0. The van der Waals surface area contributed by atoms with E-state index in [2.05, 4.69) is 12.1 Å². The van der Waals surface area contributed by atoms with Gasteiger partial charge in [-0.3, -0.25) is 9.59 Å². The summed E-state index contributed by atoms with van der Waals surface area (Å²) in [5.41, 5.74) is 1.68. The van der Waals surface area contributed by atoms with Crippen LogP contribution in [0.2, 0.25) is 0 Å². The summed E-state index contributed by atoms with van der Waals surface area (Å²) in [6.45, 7) is 0.140. The molecule has 4 nitrogen and oxygen atoms in total. The summed E-state index contributed by atoms with van der Waals surface area (Å²) in [6, 6.07) is 8.18. The van der Waals surface area contributed by atoms with Crippen molar-refractivity contribution in [3.63, 3.8) is 0 Å². The van der Waals surface area contributed by atoms with Gasteiger partial charge in [0.05, 0.1) is 0 Å². The molecule has 4 heteroatoms. The number of Topliss-reactive ketones (excluding diaryl/α,β-unsaturated/α-hetero) is 1. The second-order valence-electron chi connectivity index (χ2n) is 7.21. The highest BCUT2D eigenvalue weighted by molar-refractivity contribution is 5.98. The molecule has 0 aromatic heterocycles. The molecular formula is C20H26O4. The number of hydrogen-bond donors (Lipinski definition) is 1. The number of ketones is 1. The van der Waals surface area contributed by atoms with E-state index in [0.29, 0.717) is 25.2 Å². The smallest absolute Gasteiger partial charge is 0.313 e. The highest BCUT2D eigenvalue weighted by Gasteiger charge is 2.47. The number of carbonyl (C=O) groups excluding carboxylic acids is 2. The first kappa shape index (κ1) is 17.2.